The van der Waals surface area contributed by atoms with Crippen LogP contribution in [0.5, 0.6) is 17.2 Å². The van der Waals surface area contributed by atoms with Gasteiger partial charge in [-0.15, -0.1) is 0 Å². The van der Waals surface area contributed by atoms with Crippen molar-refractivity contribution in [1.82, 2.24) is 9.38 Å². The molecule has 8 heteroatoms. The summed E-state index contributed by atoms with van der Waals surface area (Å²) in [6.07, 6.45) is 1.70. The first-order valence-electron chi connectivity index (χ1n) is 8.43. The molecule has 3 aromatic rings. The Kier molecular flexibility index (Phi) is 5.49. The fourth-order valence-corrected chi connectivity index (χ4v) is 2.81. The number of nitrogens with zero attached hydrogens (tertiary/aromatic N) is 2. The summed E-state index contributed by atoms with van der Waals surface area (Å²) >= 11 is 0. The Morgan fingerprint density at radius 1 is 1.04 bits per heavy atom. The SMILES string of the molecule is COc1ccc(C(=O)OCc2cc(=O)n3cc(C)ccc3n2)c(OC)c1OC. The second-order valence-electron chi connectivity index (χ2n) is 5.98. The summed E-state index contributed by atoms with van der Waals surface area (Å²) in [6.45, 7) is 1.73. The number of aromatic nitrogens is 2. The number of methoxy groups -OCH3 is 3. The third-order valence-corrected chi connectivity index (χ3v) is 4.14. The smallest absolute Gasteiger partial charge is 0.342 e. The molecule has 1 aromatic carbocycles. The molecule has 0 unspecified atom stereocenters. The van der Waals surface area contributed by atoms with Crippen molar-refractivity contribution in [3.05, 3.63) is 63.7 Å². The van der Waals surface area contributed by atoms with Crippen LogP contribution in [0.1, 0.15) is 21.6 Å². The number of carbonyl (C=O) groups is 1. The molecule has 0 saturated heterocycles. The van der Waals surface area contributed by atoms with Gasteiger partial charge >= 0.3 is 5.97 Å². The maximum absolute atomic E-state index is 12.5. The Bertz CT molecular complexity index is 1090. The minimum atomic E-state index is -0.635. The number of rotatable bonds is 6. The topological polar surface area (TPSA) is 88.4 Å². The van der Waals surface area contributed by atoms with Gasteiger partial charge in [0.2, 0.25) is 5.75 Å². The van der Waals surface area contributed by atoms with Crippen LogP contribution in [0.4, 0.5) is 0 Å². The summed E-state index contributed by atoms with van der Waals surface area (Å²) in [5, 5.41) is 0. The fraction of sp³-hybridized carbons (Fsp3) is 0.250. The Hall–Kier alpha value is -3.55. The highest BCUT2D eigenvalue weighted by Gasteiger charge is 2.22. The van der Waals surface area contributed by atoms with Gasteiger partial charge in [-0.2, -0.15) is 0 Å². The first kappa shape index (κ1) is 19.2. The Balaban J connectivity index is 1.86. The van der Waals surface area contributed by atoms with Crippen LogP contribution in [-0.4, -0.2) is 36.7 Å². The molecule has 0 spiro atoms. The molecule has 0 aliphatic heterocycles. The molecule has 0 atom stereocenters. The third-order valence-electron chi connectivity index (χ3n) is 4.14. The summed E-state index contributed by atoms with van der Waals surface area (Å²) in [4.78, 5) is 29.2. The minimum Gasteiger partial charge on any atom is -0.493 e. The van der Waals surface area contributed by atoms with Crippen LogP contribution in [0.15, 0.2) is 41.3 Å². The minimum absolute atomic E-state index is 0.157. The number of pyridine rings is 1. The van der Waals surface area contributed by atoms with E-state index in [1.54, 1.807) is 18.3 Å². The number of hydrogen-bond acceptors (Lipinski definition) is 7. The van der Waals surface area contributed by atoms with Crippen molar-refractivity contribution in [2.75, 3.05) is 21.3 Å². The van der Waals surface area contributed by atoms with E-state index >= 15 is 0 Å². The molecular weight excluding hydrogens is 364 g/mol. The zero-order chi connectivity index (χ0) is 20.3. The number of esters is 1. The molecule has 3 rings (SSSR count). The highest BCUT2D eigenvalue weighted by molar-refractivity contribution is 5.94. The van der Waals surface area contributed by atoms with Gasteiger partial charge in [-0.1, -0.05) is 6.07 Å². The van der Waals surface area contributed by atoms with E-state index in [9.17, 15) is 9.59 Å². The second kappa shape index (κ2) is 7.99. The van der Waals surface area contributed by atoms with Crippen LogP contribution in [0.3, 0.4) is 0 Å². The maximum atomic E-state index is 12.5. The van der Waals surface area contributed by atoms with Crippen molar-refractivity contribution in [2.24, 2.45) is 0 Å². The average molecular weight is 384 g/mol. The largest absolute Gasteiger partial charge is 0.493 e. The number of ether oxygens (including phenoxy) is 4. The second-order valence-corrected chi connectivity index (χ2v) is 5.98. The number of carbonyl (C=O) groups excluding carboxylic acids is 1. The lowest BCUT2D eigenvalue weighted by Gasteiger charge is -2.15. The van der Waals surface area contributed by atoms with Gasteiger partial charge in [0.15, 0.2) is 11.5 Å². The van der Waals surface area contributed by atoms with Crippen LogP contribution >= 0.6 is 0 Å². The van der Waals surface area contributed by atoms with Crippen LogP contribution in [-0.2, 0) is 11.3 Å². The molecule has 146 valence electrons. The zero-order valence-corrected chi connectivity index (χ0v) is 16.0. The predicted octanol–water partition coefficient (Wildman–Crippen LogP) is 2.39. The summed E-state index contributed by atoms with van der Waals surface area (Å²) in [5.74, 6) is 0.282. The van der Waals surface area contributed by atoms with E-state index in [4.69, 9.17) is 18.9 Å². The van der Waals surface area contributed by atoms with E-state index in [-0.39, 0.29) is 29.2 Å². The molecule has 28 heavy (non-hydrogen) atoms. The van der Waals surface area contributed by atoms with Gasteiger partial charge in [0.05, 0.1) is 27.0 Å². The number of hydrogen-bond donors (Lipinski definition) is 0. The highest BCUT2D eigenvalue weighted by Crippen LogP contribution is 2.40. The van der Waals surface area contributed by atoms with Crippen LogP contribution < -0.4 is 19.8 Å². The molecule has 0 fully saturated rings. The van der Waals surface area contributed by atoms with Gasteiger partial charge < -0.3 is 18.9 Å². The standard InChI is InChI=1S/C20H20N2O6/c1-12-5-8-16-21-13(9-17(23)22(16)10-12)11-28-20(24)14-6-7-15(25-2)19(27-4)18(14)26-3/h5-10H,11H2,1-4H3. The van der Waals surface area contributed by atoms with Crippen molar-refractivity contribution in [1.29, 1.82) is 0 Å². The van der Waals surface area contributed by atoms with Crippen molar-refractivity contribution in [3.63, 3.8) is 0 Å². The molecule has 0 aliphatic carbocycles. The molecule has 0 aliphatic rings. The highest BCUT2D eigenvalue weighted by atomic mass is 16.5. The van der Waals surface area contributed by atoms with E-state index < -0.39 is 5.97 Å². The maximum Gasteiger partial charge on any atom is 0.342 e. The van der Waals surface area contributed by atoms with Crippen molar-refractivity contribution >= 4 is 11.6 Å². The van der Waals surface area contributed by atoms with Gasteiger partial charge in [-0.3, -0.25) is 9.20 Å². The number of fused-ring (bicyclic) bond motifs is 1. The van der Waals surface area contributed by atoms with Crippen LogP contribution in [0, 0.1) is 6.92 Å². The van der Waals surface area contributed by atoms with Gasteiger partial charge in [-0.05, 0) is 30.7 Å². The molecule has 0 radical (unpaired) electrons. The lowest BCUT2D eigenvalue weighted by Crippen LogP contribution is -2.17. The molecule has 0 N–H and O–H groups in total. The number of aryl methyl sites for hydroxylation is 1. The van der Waals surface area contributed by atoms with Crippen molar-refractivity contribution in [3.8, 4) is 17.2 Å². The zero-order valence-electron chi connectivity index (χ0n) is 16.0. The van der Waals surface area contributed by atoms with Crippen molar-refractivity contribution in [2.45, 2.75) is 13.5 Å². The van der Waals surface area contributed by atoms with E-state index in [1.807, 2.05) is 13.0 Å². The first-order chi connectivity index (χ1) is 13.5. The van der Waals surface area contributed by atoms with Gasteiger partial charge in [0.1, 0.15) is 17.8 Å². The lowest BCUT2D eigenvalue weighted by atomic mass is 10.1. The molecule has 0 bridgehead atoms. The Morgan fingerprint density at radius 2 is 1.79 bits per heavy atom. The van der Waals surface area contributed by atoms with Gasteiger partial charge in [0, 0.05) is 12.3 Å². The normalized spacial score (nSPS) is 10.6. The van der Waals surface area contributed by atoms with E-state index in [0.717, 1.165) is 5.56 Å². The molecule has 2 heterocycles. The predicted molar refractivity (Wildman–Crippen MR) is 101 cm³/mol. The van der Waals surface area contributed by atoms with E-state index in [1.165, 1.54) is 37.9 Å². The Labute approximate surface area is 161 Å². The van der Waals surface area contributed by atoms with Gasteiger partial charge in [0.25, 0.3) is 5.56 Å². The summed E-state index contributed by atoms with van der Waals surface area (Å²) in [6, 6.07) is 8.03. The average Bonchev–Trinajstić information content (AvgIpc) is 2.71. The van der Waals surface area contributed by atoms with Crippen molar-refractivity contribution < 1.29 is 23.7 Å². The van der Waals surface area contributed by atoms with Crippen LogP contribution in [0.25, 0.3) is 5.65 Å². The van der Waals surface area contributed by atoms with E-state index in [0.29, 0.717) is 17.1 Å². The van der Waals surface area contributed by atoms with Gasteiger partial charge in [-0.25, -0.2) is 9.78 Å². The Morgan fingerprint density at radius 3 is 2.46 bits per heavy atom. The molecule has 8 nitrogen and oxygen atoms in total. The lowest BCUT2D eigenvalue weighted by molar-refractivity contribution is 0.0463. The van der Waals surface area contributed by atoms with Crippen LogP contribution in [0.2, 0.25) is 0 Å². The molecule has 2 aromatic heterocycles. The summed E-state index contributed by atoms with van der Waals surface area (Å²) in [5.41, 5.74) is 1.70. The fourth-order valence-electron chi connectivity index (χ4n) is 2.81. The third kappa shape index (κ3) is 3.62. The molecule has 0 amide bonds. The summed E-state index contributed by atoms with van der Waals surface area (Å²) < 4.78 is 22.5. The monoisotopic (exact) mass is 384 g/mol. The summed E-state index contributed by atoms with van der Waals surface area (Å²) in [7, 11) is 4.35. The molecule has 0 saturated carbocycles. The molecular formula is C20H20N2O6. The quantitative estimate of drug-likeness (QED) is 0.603. The van der Waals surface area contributed by atoms with E-state index in [2.05, 4.69) is 4.98 Å². The number of benzene rings is 1. The first-order valence-corrected chi connectivity index (χ1v) is 8.43.